The van der Waals surface area contributed by atoms with Crippen LogP contribution >= 0.6 is 22.9 Å². The lowest BCUT2D eigenvalue weighted by Gasteiger charge is -2.05. The van der Waals surface area contributed by atoms with Crippen molar-refractivity contribution >= 4 is 33.9 Å². The zero-order valence-corrected chi connectivity index (χ0v) is 11.9. The van der Waals surface area contributed by atoms with Gasteiger partial charge in [0.2, 0.25) is 5.43 Å². The van der Waals surface area contributed by atoms with E-state index in [-0.39, 0.29) is 5.43 Å². The van der Waals surface area contributed by atoms with Crippen LogP contribution in [0, 0.1) is 13.8 Å². The van der Waals surface area contributed by atoms with E-state index in [4.69, 9.17) is 16.0 Å². The Morgan fingerprint density at radius 3 is 2.79 bits per heavy atom. The van der Waals surface area contributed by atoms with Gasteiger partial charge in [-0.05, 0) is 26.0 Å². The fourth-order valence-electron chi connectivity index (χ4n) is 2.08. The molecule has 2 heterocycles. The Morgan fingerprint density at radius 1 is 1.32 bits per heavy atom. The maximum absolute atomic E-state index is 12.6. The van der Waals surface area contributed by atoms with Crippen LogP contribution in [0.4, 0.5) is 0 Å². The number of aryl methyl sites for hydroxylation is 2. The number of rotatable bonds is 1. The van der Waals surface area contributed by atoms with Crippen molar-refractivity contribution in [1.82, 2.24) is 4.98 Å². The van der Waals surface area contributed by atoms with Gasteiger partial charge in [0.25, 0.3) is 0 Å². The highest BCUT2D eigenvalue weighted by Crippen LogP contribution is 2.27. The van der Waals surface area contributed by atoms with Gasteiger partial charge in [-0.2, -0.15) is 0 Å². The van der Waals surface area contributed by atoms with Crippen LogP contribution in [-0.4, -0.2) is 4.98 Å². The summed E-state index contributed by atoms with van der Waals surface area (Å²) in [5.74, 6) is 0.559. The fraction of sp³-hybridized carbons (Fsp3) is 0.143. The minimum Gasteiger partial charge on any atom is -0.460 e. The normalized spacial score (nSPS) is 11.1. The maximum Gasteiger partial charge on any atom is 0.202 e. The predicted molar refractivity (Wildman–Crippen MR) is 78.1 cm³/mol. The van der Waals surface area contributed by atoms with E-state index in [2.05, 4.69) is 4.98 Å². The van der Waals surface area contributed by atoms with Crippen LogP contribution in [0.3, 0.4) is 0 Å². The second kappa shape index (κ2) is 4.47. The van der Waals surface area contributed by atoms with Crippen LogP contribution < -0.4 is 5.43 Å². The van der Waals surface area contributed by atoms with Crippen molar-refractivity contribution in [3.63, 3.8) is 0 Å². The highest BCUT2D eigenvalue weighted by atomic mass is 35.5. The summed E-state index contributed by atoms with van der Waals surface area (Å²) >= 11 is 7.13. The first-order valence-electron chi connectivity index (χ1n) is 5.72. The molecule has 0 aliphatic carbocycles. The van der Waals surface area contributed by atoms with Gasteiger partial charge >= 0.3 is 0 Å². The van der Waals surface area contributed by atoms with E-state index in [1.165, 1.54) is 11.3 Å². The molecule has 0 amide bonds. The fourth-order valence-corrected chi connectivity index (χ4v) is 2.84. The lowest BCUT2D eigenvalue weighted by molar-refractivity contribution is 0.567. The van der Waals surface area contributed by atoms with Crippen LogP contribution in [0.15, 0.2) is 32.8 Å². The Hall–Kier alpha value is -1.65. The summed E-state index contributed by atoms with van der Waals surface area (Å²) in [4.78, 5) is 16.7. The SMILES string of the molecule is Cc1ccc2oc(C)c(-c3csc(Cl)n3)c(=O)c2c1. The van der Waals surface area contributed by atoms with Crippen molar-refractivity contribution in [3.05, 3.63) is 49.6 Å². The lowest BCUT2D eigenvalue weighted by atomic mass is 10.1. The first kappa shape index (κ1) is 12.4. The number of thiazole rings is 1. The van der Waals surface area contributed by atoms with Crippen molar-refractivity contribution in [3.8, 4) is 11.3 Å². The Balaban J connectivity index is 2.40. The Labute approximate surface area is 118 Å². The number of fused-ring (bicyclic) bond motifs is 1. The maximum atomic E-state index is 12.6. The average Bonchev–Trinajstić information content (AvgIpc) is 2.77. The van der Waals surface area contributed by atoms with Crippen molar-refractivity contribution in [2.24, 2.45) is 0 Å². The van der Waals surface area contributed by atoms with Gasteiger partial charge < -0.3 is 4.42 Å². The van der Waals surface area contributed by atoms with Crippen molar-refractivity contribution in [2.45, 2.75) is 13.8 Å². The molecule has 3 rings (SSSR count). The number of aromatic nitrogens is 1. The topological polar surface area (TPSA) is 43.1 Å². The molecule has 3 nitrogen and oxygen atoms in total. The molecule has 5 heteroatoms. The molecule has 3 aromatic rings. The van der Waals surface area contributed by atoms with E-state index >= 15 is 0 Å². The highest BCUT2D eigenvalue weighted by Gasteiger charge is 2.15. The molecule has 0 saturated heterocycles. The third kappa shape index (κ3) is 2.07. The summed E-state index contributed by atoms with van der Waals surface area (Å²) in [5, 5.41) is 2.34. The number of hydrogen-bond acceptors (Lipinski definition) is 4. The van der Waals surface area contributed by atoms with Gasteiger partial charge in [-0.25, -0.2) is 4.98 Å². The summed E-state index contributed by atoms with van der Waals surface area (Å²) in [6, 6.07) is 5.57. The molecule has 0 bridgehead atoms. The van der Waals surface area contributed by atoms with Crippen LogP contribution in [0.1, 0.15) is 11.3 Å². The molecule has 0 aliphatic rings. The monoisotopic (exact) mass is 291 g/mol. The second-order valence-corrected chi connectivity index (χ2v) is 5.79. The van der Waals surface area contributed by atoms with Gasteiger partial charge in [-0.1, -0.05) is 23.2 Å². The molecule has 0 atom stereocenters. The number of halogens is 1. The van der Waals surface area contributed by atoms with E-state index < -0.39 is 0 Å². The minimum absolute atomic E-state index is 0.0654. The third-order valence-corrected chi connectivity index (χ3v) is 3.93. The summed E-state index contributed by atoms with van der Waals surface area (Å²) in [7, 11) is 0. The van der Waals surface area contributed by atoms with Gasteiger partial charge in [0, 0.05) is 5.38 Å². The Kier molecular flexibility index (Phi) is 2.92. The van der Waals surface area contributed by atoms with Crippen molar-refractivity contribution < 1.29 is 4.42 Å². The highest BCUT2D eigenvalue weighted by molar-refractivity contribution is 7.14. The van der Waals surface area contributed by atoms with Gasteiger partial charge in [0.15, 0.2) is 4.47 Å². The Bertz CT molecular complexity index is 835. The smallest absolute Gasteiger partial charge is 0.202 e. The second-order valence-electron chi connectivity index (χ2n) is 4.35. The standard InChI is InChI=1S/C14H10ClNO2S/c1-7-3-4-11-9(5-7)13(17)12(8(2)18-11)10-6-19-14(15)16-10/h3-6H,1-2H3. The van der Waals surface area contributed by atoms with Crippen LogP contribution in [0.25, 0.3) is 22.2 Å². The summed E-state index contributed by atoms with van der Waals surface area (Å²) < 4.78 is 6.13. The minimum atomic E-state index is -0.0654. The molecule has 19 heavy (non-hydrogen) atoms. The van der Waals surface area contributed by atoms with E-state index in [0.29, 0.717) is 32.5 Å². The average molecular weight is 292 g/mol. The molecule has 0 fully saturated rings. The molecule has 0 aliphatic heterocycles. The Morgan fingerprint density at radius 2 is 2.11 bits per heavy atom. The zero-order valence-electron chi connectivity index (χ0n) is 10.4. The molecule has 0 radical (unpaired) electrons. The summed E-state index contributed by atoms with van der Waals surface area (Å²) in [5.41, 5.74) is 2.61. The van der Waals surface area contributed by atoms with Crippen molar-refractivity contribution in [1.29, 1.82) is 0 Å². The van der Waals surface area contributed by atoms with Gasteiger partial charge in [0.05, 0.1) is 16.6 Å². The third-order valence-electron chi connectivity index (χ3n) is 2.95. The summed E-state index contributed by atoms with van der Waals surface area (Å²) in [6.07, 6.45) is 0. The lowest BCUT2D eigenvalue weighted by Crippen LogP contribution is -2.07. The number of hydrogen-bond donors (Lipinski definition) is 0. The van der Waals surface area contributed by atoms with Crippen LogP contribution in [0.5, 0.6) is 0 Å². The molecule has 0 saturated carbocycles. The molecule has 0 N–H and O–H groups in total. The van der Waals surface area contributed by atoms with E-state index in [1.54, 1.807) is 12.3 Å². The molecular weight excluding hydrogens is 282 g/mol. The first-order valence-corrected chi connectivity index (χ1v) is 6.97. The zero-order chi connectivity index (χ0) is 13.6. The van der Waals surface area contributed by atoms with Gasteiger partial charge in [0.1, 0.15) is 11.3 Å². The molecule has 96 valence electrons. The first-order chi connectivity index (χ1) is 9.06. The number of benzene rings is 1. The number of nitrogens with zero attached hydrogens (tertiary/aromatic N) is 1. The molecule has 0 unspecified atom stereocenters. The molecule has 0 spiro atoms. The van der Waals surface area contributed by atoms with E-state index in [0.717, 1.165) is 5.56 Å². The van der Waals surface area contributed by atoms with Crippen LogP contribution in [0.2, 0.25) is 4.47 Å². The van der Waals surface area contributed by atoms with Crippen molar-refractivity contribution in [2.75, 3.05) is 0 Å². The quantitative estimate of drug-likeness (QED) is 0.675. The van der Waals surface area contributed by atoms with Gasteiger partial charge in [-0.3, -0.25) is 4.79 Å². The molecular formula is C14H10ClNO2S. The van der Waals surface area contributed by atoms with Crippen LogP contribution in [-0.2, 0) is 0 Å². The van der Waals surface area contributed by atoms with E-state index in [9.17, 15) is 4.79 Å². The predicted octanol–water partition coefficient (Wildman–Crippen LogP) is 4.19. The molecule has 2 aromatic heterocycles. The largest absolute Gasteiger partial charge is 0.460 e. The van der Waals surface area contributed by atoms with E-state index in [1.807, 2.05) is 25.1 Å². The molecule has 1 aromatic carbocycles. The van der Waals surface area contributed by atoms with Gasteiger partial charge in [-0.15, -0.1) is 11.3 Å². The summed E-state index contributed by atoms with van der Waals surface area (Å²) in [6.45, 7) is 3.71.